The SMILES string of the molecule is O=C(O)CC1(SCC(=O)N2CCCCC2)CNC1. The smallest absolute Gasteiger partial charge is 0.304 e. The quantitative estimate of drug-likeness (QED) is 0.765. The number of hydrogen-bond donors (Lipinski definition) is 2. The molecule has 0 radical (unpaired) electrons. The summed E-state index contributed by atoms with van der Waals surface area (Å²) in [6, 6.07) is 0. The van der Waals surface area contributed by atoms with Gasteiger partial charge in [-0.1, -0.05) is 0 Å². The van der Waals surface area contributed by atoms with Crippen LogP contribution in [-0.4, -0.2) is 58.6 Å². The largest absolute Gasteiger partial charge is 0.481 e. The maximum absolute atomic E-state index is 12.0. The first-order valence-electron chi connectivity index (χ1n) is 6.46. The average Bonchev–Trinajstić information content (AvgIpc) is 2.32. The fourth-order valence-electron chi connectivity index (χ4n) is 2.41. The van der Waals surface area contributed by atoms with Crippen LogP contribution in [0.25, 0.3) is 0 Å². The number of carbonyl (C=O) groups excluding carboxylic acids is 1. The second-order valence-corrected chi connectivity index (χ2v) is 6.53. The van der Waals surface area contributed by atoms with Crippen LogP contribution in [0.5, 0.6) is 0 Å². The zero-order chi connectivity index (χ0) is 13.0. The number of carboxylic acid groups (broad SMARTS) is 1. The number of carbonyl (C=O) groups is 2. The summed E-state index contributed by atoms with van der Waals surface area (Å²) < 4.78 is -0.267. The van der Waals surface area contributed by atoms with Crippen molar-refractivity contribution in [2.24, 2.45) is 0 Å². The van der Waals surface area contributed by atoms with Gasteiger partial charge in [0, 0.05) is 26.2 Å². The first-order valence-corrected chi connectivity index (χ1v) is 7.44. The lowest BCUT2D eigenvalue weighted by Gasteiger charge is -2.41. The summed E-state index contributed by atoms with van der Waals surface area (Å²) in [6.07, 6.45) is 3.54. The van der Waals surface area contributed by atoms with Crippen LogP contribution in [0, 0.1) is 0 Å². The van der Waals surface area contributed by atoms with Gasteiger partial charge in [-0.25, -0.2) is 0 Å². The van der Waals surface area contributed by atoms with Crippen molar-refractivity contribution < 1.29 is 14.7 Å². The summed E-state index contributed by atoms with van der Waals surface area (Å²) in [5, 5.41) is 12.0. The van der Waals surface area contributed by atoms with Gasteiger partial charge in [-0.2, -0.15) is 0 Å². The van der Waals surface area contributed by atoms with Crippen LogP contribution in [0.3, 0.4) is 0 Å². The first-order chi connectivity index (χ1) is 8.61. The van der Waals surface area contributed by atoms with E-state index in [4.69, 9.17) is 5.11 Å². The lowest BCUT2D eigenvalue weighted by Crippen LogP contribution is -2.58. The molecule has 1 amide bonds. The molecule has 102 valence electrons. The maximum atomic E-state index is 12.0. The van der Waals surface area contributed by atoms with E-state index >= 15 is 0 Å². The Morgan fingerprint density at radius 3 is 2.39 bits per heavy atom. The monoisotopic (exact) mass is 272 g/mol. The molecular weight excluding hydrogens is 252 g/mol. The highest BCUT2D eigenvalue weighted by molar-refractivity contribution is 8.01. The minimum atomic E-state index is -0.783. The molecule has 0 aromatic carbocycles. The third kappa shape index (κ3) is 3.38. The van der Waals surface area contributed by atoms with E-state index in [1.165, 1.54) is 18.2 Å². The van der Waals surface area contributed by atoms with Crippen molar-refractivity contribution in [1.82, 2.24) is 10.2 Å². The highest BCUT2D eigenvalue weighted by atomic mass is 32.2. The first kappa shape index (κ1) is 13.7. The van der Waals surface area contributed by atoms with E-state index in [1.54, 1.807) is 0 Å². The van der Waals surface area contributed by atoms with Gasteiger partial charge in [-0.05, 0) is 19.3 Å². The minimum Gasteiger partial charge on any atom is -0.481 e. The molecule has 0 aromatic heterocycles. The van der Waals surface area contributed by atoms with Gasteiger partial charge in [0.15, 0.2) is 0 Å². The number of hydrogen-bond acceptors (Lipinski definition) is 4. The fraction of sp³-hybridized carbons (Fsp3) is 0.833. The lowest BCUT2D eigenvalue weighted by molar-refractivity contribution is -0.138. The molecule has 0 unspecified atom stereocenters. The Hall–Kier alpha value is -0.750. The molecule has 6 heteroatoms. The van der Waals surface area contributed by atoms with E-state index < -0.39 is 5.97 Å². The maximum Gasteiger partial charge on any atom is 0.304 e. The van der Waals surface area contributed by atoms with Crippen molar-refractivity contribution in [3.8, 4) is 0 Å². The number of amides is 1. The second-order valence-electron chi connectivity index (χ2n) is 5.09. The molecule has 2 rings (SSSR count). The van der Waals surface area contributed by atoms with E-state index in [0.717, 1.165) is 25.9 Å². The molecular formula is C12H20N2O3S. The Balaban J connectivity index is 1.78. The molecule has 2 N–H and O–H groups in total. The van der Waals surface area contributed by atoms with Crippen molar-refractivity contribution in [3.05, 3.63) is 0 Å². The van der Waals surface area contributed by atoms with Gasteiger partial charge in [0.1, 0.15) is 0 Å². The highest BCUT2D eigenvalue weighted by Crippen LogP contribution is 2.33. The van der Waals surface area contributed by atoms with Gasteiger partial charge in [0.25, 0.3) is 0 Å². The Bertz CT molecular complexity index is 325. The second kappa shape index (κ2) is 5.93. The summed E-state index contributed by atoms with van der Waals surface area (Å²) in [6.45, 7) is 3.11. The van der Waals surface area contributed by atoms with Crippen LogP contribution in [0.2, 0.25) is 0 Å². The van der Waals surface area contributed by atoms with Crippen LogP contribution in [0.1, 0.15) is 25.7 Å². The van der Waals surface area contributed by atoms with Gasteiger partial charge in [-0.3, -0.25) is 9.59 Å². The number of piperidine rings is 1. The summed E-state index contributed by atoms with van der Waals surface area (Å²) in [5.41, 5.74) is 0. The van der Waals surface area contributed by atoms with Gasteiger partial charge in [0.05, 0.1) is 16.9 Å². The zero-order valence-electron chi connectivity index (χ0n) is 10.5. The van der Waals surface area contributed by atoms with E-state index in [-0.39, 0.29) is 17.1 Å². The zero-order valence-corrected chi connectivity index (χ0v) is 11.3. The predicted octanol–water partition coefficient (Wildman–Crippen LogP) is 0.549. The Kier molecular flexibility index (Phi) is 4.50. The third-order valence-corrected chi connectivity index (χ3v) is 5.02. The number of carboxylic acids is 1. The molecule has 2 fully saturated rings. The summed E-state index contributed by atoms with van der Waals surface area (Å²) in [4.78, 5) is 24.7. The molecule has 0 aromatic rings. The highest BCUT2D eigenvalue weighted by Gasteiger charge is 2.40. The predicted molar refractivity (Wildman–Crippen MR) is 70.7 cm³/mol. The number of nitrogens with one attached hydrogen (secondary N) is 1. The van der Waals surface area contributed by atoms with E-state index in [2.05, 4.69) is 5.32 Å². The van der Waals surface area contributed by atoms with E-state index in [0.29, 0.717) is 18.8 Å². The topological polar surface area (TPSA) is 69.6 Å². The molecule has 0 bridgehead atoms. The van der Waals surface area contributed by atoms with E-state index in [1.807, 2.05) is 4.90 Å². The molecule has 5 nitrogen and oxygen atoms in total. The van der Waals surface area contributed by atoms with Crippen molar-refractivity contribution >= 4 is 23.6 Å². The van der Waals surface area contributed by atoms with Crippen LogP contribution in [-0.2, 0) is 9.59 Å². The van der Waals surface area contributed by atoms with Crippen molar-refractivity contribution in [2.75, 3.05) is 31.9 Å². The van der Waals surface area contributed by atoms with Crippen molar-refractivity contribution in [2.45, 2.75) is 30.4 Å². The van der Waals surface area contributed by atoms with Gasteiger partial charge in [0.2, 0.25) is 5.91 Å². The van der Waals surface area contributed by atoms with Crippen LogP contribution >= 0.6 is 11.8 Å². The number of thioether (sulfide) groups is 1. The molecule has 0 saturated carbocycles. The molecule has 2 aliphatic heterocycles. The number of rotatable bonds is 5. The average molecular weight is 272 g/mol. The molecule has 2 saturated heterocycles. The summed E-state index contributed by atoms with van der Waals surface area (Å²) in [7, 11) is 0. The normalized spacial score (nSPS) is 22.3. The fourth-order valence-corrected chi connectivity index (χ4v) is 3.65. The third-order valence-electron chi connectivity index (χ3n) is 3.58. The standard InChI is InChI=1S/C12H20N2O3S/c15-10(14-4-2-1-3-5-14)7-18-12(6-11(16)17)8-13-9-12/h13H,1-9H2,(H,16,17). The van der Waals surface area contributed by atoms with E-state index in [9.17, 15) is 9.59 Å². The minimum absolute atomic E-state index is 0.137. The van der Waals surface area contributed by atoms with Crippen molar-refractivity contribution in [3.63, 3.8) is 0 Å². The Morgan fingerprint density at radius 2 is 1.89 bits per heavy atom. The number of aliphatic carboxylic acids is 1. The molecule has 18 heavy (non-hydrogen) atoms. The Labute approximate surface area is 111 Å². The number of nitrogens with zero attached hydrogens (tertiary/aromatic N) is 1. The number of likely N-dealkylation sites (tertiary alicyclic amines) is 1. The van der Waals surface area contributed by atoms with Crippen molar-refractivity contribution in [1.29, 1.82) is 0 Å². The van der Waals surface area contributed by atoms with Gasteiger partial charge in [-0.15, -0.1) is 11.8 Å². The molecule has 0 spiro atoms. The molecule has 0 aliphatic carbocycles. The molecule has 2 heterocycles. The lowest BCUT2D eigenvalue weighted by atomic mass is 9.98. The van der Waals surface area contributed by atoms with Crippen LogP contribution < -0.4 is 5.32 Å². The summed E-state index contributed by atoms with van der Waals surface area (Å²) in [5.74, 6) is -0.208. The Morgan fingerprint density at radius 1 is 1.22 bits per heavy atom. The molecule has 2 aliphatic rings. The van der Waals surface area contributed by atoms with Gasteiger partial charge >= 0.3 is 5.97 Å². The summed E-state index contributed by atoms with van der Waals surface area (Å²) >= 11 is 1.51. The molecule has 0 atom stereocenters. The van der Waals surface area contributed by atoms with Gasteiger partial charge < -0.3 is 15.3 Å². The van der Waals surface area contributed by atoms with Crippen LogP contribution in [0.4, 0.5) is 0 Å². The van der Waals surface area contributed by atoms with Crippen LogP contribution in [0.15, 0.2) is 0 Å².